The minimum atomic E-state index is -1.67. The molecule has 0 aliphatic heterocycles. The minimum absolute atomic E-state index is 0.509. The van der Waals surface area contributed by atoms with Crippen LogP contribution in [0.1, 0.15) is 0 Å². The molecule has 0 bridgehead atoms. The maximum Gasteiger partial charge on any atom is 0.334 e. The molecule has 1 rings (SSSR count). The Bertz CT molecular complexity index is 247. The molecule has 1 aliphatic rings. The average Bonchev–Trinajstić information content (AvgIpc) is 2.07. The molecule has 0 saturated heterocycles. The van der Waals surface area contributed by atoms with E-state index in [2.05, 4.69) is 0 Å². The molecule has 13 heavy (non-hydrogen) atoms. The molecule has 0 heterocycles. The Hall–Kier alpha value is -0.950. The van der Waals surface area contributed by atoms with Crippen LogP contribution in [-0.4, -0.2) is 55.9 Å². The summed E-state index contributed by atoms with van der Waals surface area (Å²) in [6, 6.07) is 0. The highest BCUT2D eigenvalue weighted by Crippen LogP contribution is 2.20. The minimum Gasteiger partial charge on any atom is -0.478 e. The lowest BCUT2D eigenvalue weighted by molar-refractivity contribution is -0.138. The van der Waals surface area contributed by atoms with E-state index in [0.29, 0.717) is 0 Å². The van der Waals surface area contributed by atoms with Gasteiger partial charge in [0.05, 0.1) is 5.57 Å². The molecule has 0 radical (unpaired) electrons. The van der Waals surface area contributed by atoms with Gasteiger partial charge in [0.2, 0.25) is 0 Å². The predicted octanol–water partition coefficient (Wildman–Crippen LogP) is -2.55. The van der Waals surface area contributed by atoms with E-state index in [4.69, 9.17) is 25.5 Å². The zero-order chi connectivity index (χ0) is 10.2. The molecule has 0 spiro atoms. The van der Waals surface area contributed by atoms with Gasteiger partial charge in [0.15, 0.2) is 0 Å². The largest absolute Gasteiger partial charge is 0.478 e. The SMILES string of the molecule is O=C(O)C1=C[C@@H](O)[C@H](O)[C@H](O)[C@@H]1O. The number of aliphatic carboxylic acids is 1. The Balaban J connectivity index is 2.97. The molecule has 5 N–H and O–H groups in total. The van der Waals surface area contributed by atoms with E-state index in [-0.39, 0.29) is 0 Å². The molecule has 0 fully saturated rings. The molecule has 0 unspecified atom stereocenters. The Morgan fingerprint density at radius 2 is 1.69 bits per heavy atom. The van der Waals surface area contributed by atoms with Crippen LogP contribution in [0.2, 0.25) is 0 Å². The van der Waals surface area contributed by atoms with E-state index in [9.17, 15) is 4.79 Å². The molecule has 0 aromatic heterocycles. The topological polar surface area (TPSA) is 118 Å². The molecular formula is C7H10O6. The van der Waals surface area contributed by atoms with Crippen LogP contribution < -0.4 is 0 Å². The standard InChI is InChI=1S/C7H10O6/c8-3-1-2(7(12)13)4(9)6(11)5(3)10/h1,3-6,8-11H,(H,12,13)/t3-,4-,5+,6-/m1/s1. The number of hydrogen-bond donors (Lipinski definition) is 5. The maximum absolute atomic E-state index is 10.4. The monoisotopic (exact) mass is 190 g/mol. The van der Waals surface area contributed by atoms with E-state index in [1.54, 1.807) is 0 Å². The summed E-state index contributed by atoms with van der Waals surface area (Å²) in [5.74, 6) is -1.43. The molecule has 6 nitrogen and oxygen atoms in total. The summed E-state index contributed by atoms with van der Waals surface area (Å²) < 4.78 is 0. The molecule has 0 aromatic rings. The summed E-state index contributed by atoms with van der Waals surface area (Å²) in [5.41, 5.74) is -0.509. The normalized spacial score (nSPS) is 39.8. The highest BCUT2D eigenvalue weighted by Gasteiger charge is 2.38. The highest BCUT2D eigenvalue weighted by atomic mass is 16.4. The quantitative estimate of drug-likeness (QED) is 0.311. The van der Waals surface area contributed by atoms with Crippen molar-refractivity contribution in [2.24, 2.45) is 0 Å². The number of carboxylic acids is 1. The van der Waals surface area contributed by atoms with E-state index < -0.39 is 36.0 Å². The smallest absolute Gasteiger partial charge is 0.334 e. The van der Waals surface area contributed by atoms with Crippen molar-refractivity contribution in [3.8, 4) is 0 Å². The first-order valence-electron chi connectivity index (χ1n) is 3.62. The van der Waals surface area contributed by atoms with Crippen molar-refractivity contribution < 1.29 is 30.3 Å². The van der Waals surface area contributed by atoms with Crippen LogP contribution in [-0.2, 0) is 4.79 Å². The Labute approximate surface area is 73.4 Å². The zero-order valence-corrected chi connectivity index (χ0v) is 6.53. The van der Waals surface area contributed by atoms with Gasteiger partial charge in [-0.05, 0) is 6.08 Å². The number of hydrogen-bond acceptors (Lipinski definition) is 5. The molecule has 6 heteroatoms. The van der Waals surface area contributed by atoms with Crippen LogP contribution in [0.3, 0.4) is 0 Å². The summed E-state index contributed by atoms with van der Waals surface area (Å²) in [6.45, 7) is 0. The van der Waals surface area contributed by atoms with Crippen molar-refractivity contribution in [2.45, 2.75) is 24.4 Å². The van der Waals surface area contributed by atoms with Crippen LogP contribution in [0, 0.1) is 0 Å². The lowest BCUT2D eigenvalue weighted by atomic mass is 9.90. The third-order valence-electron chi connectivity index (χ3n) is 1.94. The lowest BCUT2D eigenvalue weighted by Gasteiger charge is -2.30. The van der Waals surface area contributed by atoms with Gasteiger partial charge in [0.1, 0.15) is 24.4 Å². The second kappa shape index (κ2) is 3.43. The lowest BCUT2D eigenvalue weighted by Crippen LogP contribution is -2.49. The van der Waals surface area contributed by atoms with Crippen LogP contribution >= 0.6 is 0 Å². The number of aliphatic hydroxyl groups is 4. The van der Waals surface area contributed by atoms with Crippen molar-refractivity contribution in [2.75, 3.05) is 0 Å². The fraction of sp³-hybridized carbons (Fsp3) is 0.571. The fourth-order valence-corrected chi connectivity index (χ4v) is 1.15. The molecule has 1 aliphatic carbocycles. The first-order valence-corrected chi connectivity index (χ1v) is 3.62. The Kier molecular flexibility index (Phi) is 2.67. The summed E-state index contributed by atoms with van der Waals surface area (Å²) in [6.07, 6.45) is -5.56. The van der Waals surface area contributed by atoms with E-state index >= 15 is 0 Å². The van der Waals surface area contributed by atoms with Crippen LogP contribution in [0.25, 0.3) is 0 Å². The van der Waals surface area contributed by atoms with Gasteiger partial charge in [-0.2, -0.15) is 0 Å². The molecule has 0 saturated carbocycles. The molecule has 0 amide bonds. The molecule has 0 aromatic carbocycles. The average molecular weight is 190 g/mol. The molecular weight excluding hydrogens is 180 g/mol. The van der Waals surface area contributed by atoms with Gasteiger partial charge in [-0.3, -0.25) is 0 Å². The summed E-state index contributed by atoms with van der Waals surface area (Å²) in [5, 5.41) is 44.7. The van der Waals surface area contributed by atoms with Crippen LogP contribution in [0.4, 0.5) is 0 Å². The maximum atomic E-state index is 10.4. The fourth-order valence-electron chi connectivity index (χ4n) is 1.15. The highest BCUT2D eigenvalue weighted by molar-refractivity contribution is 5.88. The number of rotatable bonds is 1. The summed E-state index contributed by atoms with van der Waals surface area (Å²) >= 11 is 0. The third-order valence-corrected chi connectivity index (χ3v) is 1.94. The van der Waals surface area contributed by atoms with Gasteiger partial charge in [0.25, 0.3) is 0 Å². The zero-order valence-electron chi connectivity index (χ0n) is 6.53. The first-order chi connectivity index (χ1) is 5.95. The van der Waals surface area contributed by atoms with Gasteiger partial charge in [0, 0.05) is 0 Å². The van der Waals surface area contributed by atoms with Crippen molar-refractivity contribution in [3.05, 3.63) is 11.6 Å². The summed E-state index contributed by atoms with van der Waals surface area (Å²) in [7, 11) is 0. The number of aliphatic hydroxyl groups excluding tert-OH is 4. The van der Waals surface area contributed by atoms with Gasteiger partial charge in [-0.15, -0.1) is 0 Å². The van der Waals surface area contributed by atoms with E-state index in [1.165, 1.54) is 0 Å². The van der Waals surface area contributed by atoms with Crippen molar-refractivity contribution >= 4 is 5.97 Å². The van der Waals surface area contributed by atoms with Gasteiger partial charge in [-0.25, -0.2) is 4.79 Å². The number of carboxylic acid groups (broad SMARTS) is 1. The van der Waals surface area contributed by atoms with Gasteiger partial charge >= 0.3 is 5.97 Å². The Morgan fingerprint density at radius 1 is 1.15 bits per heavy atom. The van der Waals surface area contributed by atoms with Crippen molar-refractivity contribution in [1.29, 1.82) is 0 Å². The second-order valence-corrected chi connectivity index (χ2v) is 2.84. The van der Waals surface area contributed by atoms with Crippen LogP contribution in [0.5, 0.6) is 0 Å². The molecule has 4 atom stereocenters. The van der Waals surface area contributed by atoms with Crippen molar-refractivity contribution in [3.63, 3.8) is 0 Å². The van der Waals surface area contributed by atoms with Crippen LogP contribution in [0.15, 0.2) is 11.6 Å². The Morgan fingerprint density at radius 3 is 2.15 bits per heavy atom. The van der Waals surface area contributed by atoms with Gasteiger partial charge in [-0.1, -0.05) is 0 Å². The molecule has 74 valence electrons. The van der Waals surface area contributed by atoms with Crippen molar-refractivity contribution in [1.82, 2.24) is 0 Å². The summed E-state index contributed by atoms with van der Waals surface area (Å²) in [4.78, 5) is 10.4. The van der Waals surface area contributed by atoms with E-state index in [0.717, 1.165) is 6.08 Å². The predicted molar refractivity (Wildman–Crippen MR) is 39.7 cm³/mol. The van der Waals surface area contributed by atoms with E-state index in [1.807, 2.05) is 0 Å². The second-order valence-electron chi connectivity index (χ2n) is 2.84. The number of carbonyl (C=O) groups is 1. The first kappa shape index (κ1) is 10.1. The third kappa shape index (κ3) is 1.70. The van der Waals surface area contributed by atoms with Gasteiger partial charge < -0.3 is 25.5 Å².